The van der Waals surface area contributed by atoms with Crippen LogP contribution in [0.15, 0.2) is 48.5 Å². The van der Waals surface area contributed by atoms with Crippen molar-refractivity contribution in [3.8, 4) is 11.5 Å². The van der Waals surface area contributed by atoms with Gasteiger partial charge in [-0.2, -0.15) is 0 Å². The maximum atomic E-state index is 6.30. The molecule has 0 bridgehead atoms. The summed E-state index contributed by atoms with van der Waals surface area (Å²) in [5.74, 6) is 1.70. The Hall–Kier alpha value is -1.44. The van der Waals surface area contributed by atoms with Crippen LogP contribution in [0.3, 0.4) is 0 Å². The normalized spacial score (nSPS) is 13.5. The molecular formula is C14H8Cl2O. The van der Waals surface area contributed by atoms with Gasteiger partial charge in [0.2, 0.25) is 0 Å². The summed E-state index contributed by atoms with van der Waals surface area (Å²) in [5, 5.41) is 1.06. The van der Waals surface area contributed by atoms with E-state index in [9.17, 15) is 0 Å². The lowest BCUT2D eigenvalue weighted by Gasteiger charge is -2.03. The van der Waals surface area contributed by atoms with Gasteiger partial charge in [0.25, 0.3) is 0 Å². The molecule has 1 heterocycles. The van der Waals surface area contributed by atoms with E-state index in [-0.39, 0.29) is 0 Å². The number of para-hydroxylation sites is 1. The molecule has 2 aromatic carbocycles. The van der Waals surface area contributed by atoms with Gasteiger partial charge in [0, 0.05) is 5.56 Å². The van der Waals surface area contributed by atoms with Crippen molar-refractivity contribution < 1.29 is 4.74 Å². The van der Waals surface area contributed by atoms with Gasteiger partial charge in [0.1, 0.15) is 0 Å². The lowest BCUT2D eigenvalue weighted by Crippen LogP contribution is -1.80. The van der Waals surface area contributed by atoms with Gasteiger partial charge < -0.3 is 4.74 Å². The predicted molar refractivity (Wildman–Crippen MR) is 71.5 cm³/mol. The average Bonchev–Trinajstić information content (AvgIpc) is 3.17. The summed E-state index contributed by atoms with van der Waals surface area (Å²) >= 11 is 12.6. The molecule has 0 unspecified atom stereocenters. The van der Waals surface area contributed by atoms with Crippen LogP contribution in [0, 0.1) is 0 Å². The molecule has 17 heavy (non-hydrogen) atoms. The SMILES string of the molecule is ClC(=C(Cl)c1cccc2c1O2)c1ccccc1. The standard InChI is InChI=1S/C14H8Cl2O/c15-12(9-5-2-1-3-6-9)13(16)10-7-4-8-11-14(10)17-11/h1-8H. The van der Waals surface area contributed by atoms with Crippen LogP contribution in [0.1, 0.15) is 11.1 Å². The Morgan fingerprint density at radius 1 is 0.824 bits per heavy atom. The van der Waals surface area contributed by atoms with Gasteiger partial charge in [-0.3, -0.25) is 0 Å². The minimum atomic E-state index is 0.521. The number of hydrogen-bond donors (Lipinski definition) is 0. The van der Waals surface area contributed by atoms with Gasteiger partial charge in [-0.05, 0) is 17.7 Å². The molecule has 1 nitrogen and oxygen atoms in total. The Labute approximate surface area is 109 Å². The van der Waals surface area contributed by atoms with Crippen LogP contribution in [-0.2, 0) is 0 Å². The van der Waals surface area contributed by atoms with Gasteiger partial charge in [-0.15, -0.1) is 0 Å². The maximum Gasteiger partial charge on any atom is 0.178 e. The minimum absolute atomic E-state index is 0.521. The lowest BCUT2D eigenvalue weighted by molar-refractivity contribution is 0.649. The van der Waals surface area contributed by atoms with E-state index in [2.05, 4.69) is 0 Å². The van der Waals surface area contributed by atoms with E-state index in [1.165, 1.54) is 0 Å². The van der Waals surface area contributed by atoms with Crippen molar-refractivity contribution in [1.82, 2.24) is 0 Å². The van der Waals surface area contributed by atoms with Gasteiger partial charge in [0.15, 0.2) is 11.5 Å². The highest BCUT2D eigenvalue weighted by Gasteiger charge is 2.26. The highest BCUT2D eigenvalue weighted by Crippen LogP contribution is 2.52. The molecule has 1 aliphatic rings. The second-order valence-corrected chi connectivity index (χ2v) is 4.48. The highest BCUT2D eigenvalue weighted by atomic mass is 35.5. The molecule has 0 spiro atoms. The van der Waals surface area contributed by atoms with Crippen molar-refractivity contribution in [3.05, 3.63) is 59.7 Å². The quantitative estimate of drug-likeness (QED) is 0.463. The summed E-state index contributed by atoms with van der Waals surface area (Å²) in [5.41, 5.74) is 1.75. The Balaban J connectivity index is 2.07. The topological polar surface area (TPSA) is 12.5 Å². The smallest absolute Gasteiger partial charge is 0.178 e. The van der Waals surface area contributed by atoms with Crippen molar-refractivity contribution in [2.45, 2.75) is 0 Å². The van der Waals surface area contributed by atoms with Crippen molar-refractivity contribution in [2.75, 3.05) is 0 Å². The number of ether oxygens (including phenoxy) is 1. The Morgan fingerprint density at radius 2 is 1.59 bits per heavy atom. The monoisotopic (exact) mass is 262 g/mol. The number of fused-ring (bicyclic) bond motifs is 1. The van der Waals surface area contributed by atoms with Crippen LogP contribution in [-0.4, -0.2) is 0 Å². The molecule has 0 saturated heterocycles. The molecule has 2 aromatic rings. The summed E-state index contributed by atoms with van der Waals surface area (Å²) < 4.78 is 5.30. The fourth-order valence-corrected chi connectivity index (χ4v) is 2.18. The van der Waals surface area contributed by atoms with E-state index in [0.717, 1.165) is 22.6 Å². The molecule has 0 N–H and O–H groups in total. The predicted octanol–water partition coefficient (Wildman–Crippen LogP) is 5.10. The van der Waals surface area contributed by atoms with Gasteiger partial charge in [-0.1, -0.05) is 59.6 Å². The summed E-state index contributed by atoms with van der Waals surface area (Å²) in [7, 11) is 0. The number of halogens is 2. The van der Waals surface area contributed by atoms with Crippen LogP contribution in [0.5, 0.6) is 11.5 Å². The first-order valence-electron chi connectivity index (χ1n) is 5.19. The minimum Gasteiger partial charge on any atom is -0.449 e. The van der Waals surface area contributed by atoms with E-state index in [4.69, 9.17) is 27.9 Å². The zero-order valence-electron chi connectivity index (χ0n) is 8.78. The zero-order valence-corrected chi connectivity index (χ0v) is 10.3. The van der Waals surface area contributed by atoms with Gasteiger partial charge in [-0.25, -0.2) is 0 Å². The summed E-state index contributed by atoms with van der Waals surface area (Å²) in [4.78, 5) is 0. The first-order valence-corrected chi connectivity index (χ1v) is 5.95. The molecule has 3 heteroatoms. The molecule has 0 atom stereocenters. The third kappa shape index (κ3) is 1.92. The summed E-state index contributed by atoms with van der Waals surface area (Å²) in [6, 6.07) is 15.3. The molecule has 0 fully saturated rings. The highest BCUT2D eigenvalue weighted by molar-refractivity contribution is 6.65. The lowest BCUT2D eigenvalue weighted by atomic mass is 10.1. The fourth-order valence-electron chi connectivity index (χ4n) is 1.69. The Bertz CT molecular complexity index is 603. The maximum absolute atomic E-state index is 6.30. The average molecular weight is 263 g/mol. The second-order valence-electron chi connectivity index (χ2n) is 3.73. The van der Waals surface area contributed by atoms with Crippen LogP contribution in [0.25, 0.3) is 10.1 Å². The molecule has 0 aliphatic carbocycles. The van der Waals surface area contributed by atoms with Crippen LogP contribution in [0.4, 0.5) is 0 Å². The number of benzene rings is 2. The molecule has 84 valence electrons. The number of hydrogen-bond acceptors (Lipinski definition) is 1. The first kappa shape index (κ1) is 10.7. The van der Waals surface area contributed by atoms with Gasteiger partial charge >= 0.3 is 0 Å². The number of rotatable bonds is 2. The molecule has 0 saturated carbocycles. The molecular weight excluding hydrogens is 255 g/mol. The molecule has 0 radical (unpaired) electrons. The second kappa shape index (κ2) is 4.10. The zero-order chi connectivity index (χ0) is 11.8. The molecule has 3 rings (SSSR count). The third-order valence-corrected chi connectivity index (χ3v) is 3.50. The first-order chi connectivity index (χ1) is 8.27. The van der Waals surface area contributed by atoms with Gasteiger partial charge in [0.05, 0.1) is 10.1 Å². The van der Waals surface area contributed by atoms with E-state index in [1.54, 1.807) is 0 Å². The largest absolute Gasteiger partial charge is 0.449 e. The van der Waals surface area contributed by atoms with Crippen molar-refractivity contribution >= 4 is 33.3 Å². The molecule has 1 aliphatic heterocycles. The Morgan fingerprint density at radius 3 is 2.35 bits per heavy atom. The van der Waals surface area contributed by atoms with E-state index < -0.39 is 0 Å². The summed E-state index contributed by atoms with van der Waals surface area (Å²) in [6.07, 6.45) is 0. The summed E-state index contributed by atoms with van der Waals surface area (Å²) in [6.45, 7) is 0. The van der Waals surface area contributed by atoms with E-state index in [1.807, 2.05) is 48.5 Å². The molecule has 0 aromatic heterocycles. The van der Waals surface area contributed by atoms with Crippen molar-refractivity contribution in [3.63, 3.8) is 0 Å². The van der Waals surface area contributed by atoms with Crippen LogP contribution in [0.2, 0.25) is 0 Å². The van der Waals surface area contributed by atoms with Crippen molar-refractivity contribution in [2.24, 2.45) is 0 Å². The van der Waals surface area contributed by atoms with Crippen LogP contribution >= 0.6 is 23.2 Å². The van der Waals surface area contributed by atoms with Crippen molar-refractivity contribution in [1.29, 1.82) is 0 Å². The van der Waals surface area contributed by atoms with Crippen LogP contribution < -0.4 is 4.74 Å². The Kier molecular flexibility index (Phi) is 2.58. The van der Waals surface area contributed by atoms with E-state index in [0.29, 0.717) is 10.1 Å². The van der Waals surface area contributed by atoms with E-state index >= 15 is 0 Å². The third-order valence-electron chi connectivity index (χ3n) is 2.61. The fraction of sp³-hybridized carbons (Fsp3) is 0. The molecule has 0 amide bonds.